The maximum atomic E-state index is 12.4. The molecule has 6 nitrogen and oxygen atoms in total. The van der Waals surface area contributed by atoms with E-state index in [-0.39, 0.29) is 11.6 Å². The average Bonchev–Trinajstić information content (AvgIpc) is 3.39. The van der Waals surface area contributed by atoms with E-state index in [2.05, 4.69) is 68.0 Å². The molecule has 0 radical (unpaired) electrons. The fourth-order valence-corrected chi connectivity index (χ4v) is 3.34. The van der Waals surface area contributed by atoms with Crippen LogP contribution in [0.4, 0.5) is 0 Å². The van der Waals surface area contributed by atoms with Gasteiger partial charge >= 0.3 is 0 Å². The molecule has 0 aliphatic rings. The van der Waals surface area contributed by atoms with Crippen molar-refractivity contribution in [1.29, 1.82) is 0 Å². The van der Waals surface area contributed by atoms with Crippen molar-refractivity contribution in [2.24, 2.45) is 5.92 Å². The average molecular weight is 410 g/mol. The summed E-state index contributed by atoms with van der Waals surface area (Å²) in [5, 5.41) is 2.79. The summed E-state index contributed by atoms with van der Waals surface area (Å²) in [6, 6.07) is 10.5. The van der Waals surface area contributed by atoms with Crippen LogP contribution in [0.25, 0.3) is 0 Å². The highest BCUT2D eigenvalue weighted by atomic mass is 16.3. The second-order valence-corrected chi connectivity index (χ2v) is 8.21. The largest absolute Gasteiger partial charge is 0.467 e. The number of benzene rings is 1. The van der Waals surface area contributed by atoms with Crippen molar-refractivity contribution >= 4 is 5.91 Å². The van der Waals surface area contributed by atoms with Crippen molar-refractivity contribution < 1.29 is 13.6 Å². The summed E-state index contributed by atoms with van der Waals surface area (Å²) in [6.07, 6.45) is 3.00. The summed E-state index contributed by atoms with van der Waals surface area (Å²) in [5.74, 6) is 1.42. The number of nitrogens with zero attached hydrogens (tertiary/aromatic N) is 2. The second kappa shape index (κ2) is 9.76. The number of oxazole rings is 1. The third-order valence-electron chi connectivity index (χ3n) is 5.54. The zero-order chi connectivity index (χ0) is 21.7. The Labute approximate surface area is 178 Å². The van der Waals surface area contributed by atoms with Gasteiger partial charge in [-0.05, 0) is 49.9 Å². The molecule has 2 aromatic heterocycles. The van der Waals surface area contributed by atoms with Crippen LogP contribution in [0.15, 0.2) is 51.7 Å². The Kier molecular flexibility index (Phi) is 7.11. The van der Waals surface area contributed by atoms with Crippen LogP contribution in [-0.4, -0.2) is 21.8 Å². The smallest absolute Gasteiger partial charge is 0.273 e. The minimum absolute atomic E-state index is 0.278. The lowest BCUT2D eigenvalue weighted by molar-refractivity contribution is 0.0942. The normalized spacial score (nSPS) is 12.5. The molecule has 160 valence electrons. The topological polar surface area (TPSA) is 71.5 Å². The Morgan fingerprint density at radius 3 is 2.60 bits per heavy atom. The van der Waals surface area contributed by atoms with Crippen molar-refractivity contribution in [1.82, 2.24) is 15.2 Å². The molecule has 0 aliphatic heterocycles. The van der Waals surface area contributed by atoms with Gasteiger partial charge in [-0.2, -0.15) is 0 Å². The first-order valence-corrected chi connectivity index (χ1v) is 10.4. The predicted molar refractivity (Wildman–Crippen MR) is 116 cm³/mol. The van der Waals surface area contributed by atoms with Crippen LogP contribution in [0.5, 0.6) is 0 Å². The number of furan rings is 1. The van der Waals surface area contributed by atoms with Gasteiger partial charge in [-0.25, -0.2) is 4.98 Å². The van der Waals surface area contributed by atoms with Gasteiger partial charge in [0.05, 0.1) is 19.4 Å². The van der Waals surface area contributed by atoms with Crippen LogP contribution in [0.1, 0.15) is 59.6 Å². The molecule has 0 saturated carbocycles. The number of aromatic nitrogens is 1. The van der Waals surface area contributed by atoms with Crippen molar-refractivity contribution in [3.63, 3.8) is 0 Å². The summed E-state index contributed by atoms with van der Waals surface area (Å²) < 4.78 is 10.9. The molecule has 1 amide bonds. The van der Waals surface area contributed by atoms with Crippen molar-refractivity contribution in [2.75, 3.05) is 0 Å². The molecule has 6 heteroatoms. The van der Waals surface area contributed by atoms with Crippen molar-refractivity contribution in [3.05, 3.63) is 76.9 Å². The summed E-state index contributed by atoms with van der Waals surface area (Å²) in [4.78, 5) is 19.1. The highest BCUT2D eigenvalue weighted by Crippen LogP contribution is 2.20. The molecular formula is C24H31N3O3. The molecule has 3 aromatic rings. The Morgan fingerprint density at radius 1 is 1.13 bits per heavy atom. The SMILES string of the molecule is Cc1ccc(CN(Cc2nc(C(=O)NCc3ccco3)co2)[C@@H](C)C(C)C)c(C)c1. The molecular weight excluding hydrogens is 378 g/mol. The number of carbonyl (C=O) groups is 1. The number of carbonyl (C=O) groups excluding carboxylic acids is 1. The third-order valence-corrected chi connectivity index (χ3v) is 5.54. The molecule has 1 aromatic carbocycles. The van der Waals surface area contributed by atoms with Gasteiger partial charge in [0.25, 0.3) is 5.91 Å². The monoisotopic (exact) mass is 409 g/mol. The van der Waals surface area contributed by atoms with Gasteiger partial charge in [-0.1, -0.05) is 37.6 Å². The van der Waals surface area contributed by atoms with Crippen LogP contribution in [0.2, 0.25) is 0 Å². The van der Waals surface area contributed by atoms with Crippen LogP contribution in [0.3, 0.4) is 0 Å². The minimum atomic E-state index is -0.278. The predicted octanol–water partition coefficient (Wildman–Crippen LogP) is 4.86. The van der Waals surface area contributed by atoms with Gasteiger partial charge in [0, 0.05) is 12.6 Å². The van der Waals surface area contributed by atoms with Gasteiger partial charge in [0.2, 0.25) is 5.89 Å². The number of rotatable bonds is 9. The zero-order valence-electron chi connectivity index (χ0n) is 18.4. The summed E-state index contributed by atoms with van der Waals surface area (Å²) in [7, 11) is 0. The maximum absolute atomic E-state index is 12.4. The maximum Gasteiger partial charge on any atom is 0.273 e. The Balaban J connectivity index is 1.69. The van der Waals surface area contributed by atoms with Gasteiger partial charge < -0.3 is 14.2 Å². The number of nitrogens with one attached hydrogen (secondary N) is 1. The molecule has 0 bridgehead atoms. The van der Waals surface area contributed by atoms with E-state index in [0.717, 1.165) is 6.54 Å². The number of hydrogen-bond acceptors (Lipinski definition) is 5. The van der Waals surface area contributed by atoms with E-state index in [9.17, 15) is 4.79 Å². The Bertz CT molecular complexity index is 960. The lowest BCUT2D eigenvalue weighted by Crippen LogP contribution is -2.36. The first kappa shape index (κ1) is 21.8. The summed E-state index contributed by atoms with van der Waals surface area (Å²) >= 11 is 0. The molecule has 3 rings (SSSR count). The molecule has 1 atom stereocenters. The second-order valence-electron chi connectivity index (χ2n) is 8.21. The Hall–Kier alpha value is -2.86. The minimum Gasteiger partial charge on any atom is -0.467 e. The van der Waals surface area contributed by atoms with Crippen LogP contribution >= 0.6 is 0 Å². The van der Waals surface area contributed by atoms with E-state index in [0.29, 0.717) is 36.7 Å². The number of aryl methyl sites for hydroxylation is 2. The van der Waals surface area contributed by atoms with Crippen molar-refractivity contribution in [3.8, 4) is 0 Å². The molecule has 0 unspecified atom stereocenters. The molecule has 2 heterocycles. The van der Waals surface area contributed by atoms with E-state index in [1.54, 1.807) is 12.3 Å². The Morgan fingerprint density at radius 2 is 1.93 bits per heavy atom. The molecule has 0 saturated heterocycles. The lowest BCUT2D eigenvalue weighted by atomic mass is 10.0. The van der Waals surface area contributed by atoms with Crippen molar-refractivity contribution in [2.45, 2.75) is 60.3 Å². The van der Waals surface area contributed by atoms with Gasteiger partial charge in [0.15, 0.2) is 5.69 Å². The van der Waals surface area contributed by atoms with E-state index < -0.39 is 0 Å². The van der Waals surface area contributed by atoms with Crippen LogP contribution < -0.4 is 5.32 Å². The molecule has 0 fully saturated rings. The third kappa shape index (κ3) is 5.60. The molecule has 0 aliphatic carbocycles. The van der Waals surface area contributed by atoms with Crippen LogP contribution in [-0.2, 0) is 19.6 Å². The van der Waals surface area contributed by atoms with E-state index in [1.165, 1.54) is 23.0 Å². The fraction of sp³-hybridized carbons (Fsp3) is 0.417. The van der Waals surface area contributed by atoms with Gasteiger partial charge in [-0.3, -0.25) is 9.69 Å². The highest BCUT2D eigenvalue weighted by molar-refractivity contribution is 5.91. The first-order valence-electron chi connectivity index (χ1n) is 10.4. The van der Waals surface area contributed by atoms with Gasteiger partial charge in [0.1, 0.15) is 12.0 Å². The van der Waals surface area contributed by atoms with Crippen LogP contribution in [0, 0.1) is 19.8 Å². The number of amides is 1. The highest BCUT2D eigenvalue weighted by Gasteiger charge is 2.22. The first-order chi connectivity index (χ1) is 14.3. The van der Waals surface area contributed by atoms with E-state index in [1.807, 2.05) is 6.07 Å². The van der Waals surface area contributed by atoms with E-state index >= 15 is 0 Å². The van der Waals surface area contributed by atoms with E-state index in [4.69, 9.17) is 8.83 Å². The number of hydrogen-bond donors (Lipinski definition) is 1. The standard InChI is InChI=1S/C24H31N3O3/c1-16(2)19(5)27(13-20-9-8-17(3)11-18(20)4)14-23-26-22(15-30-23)24(28)25-12-21-7-6-10-29-21/h6-11,15-16,19H,12-14H2,1-5H3,(H,25,28)/t19-/m0/s1. The van der Waals surface area contributed by atoms with Gasteiger partial charge in [-0.15, -0.1) is 0 Å². The quantitative estimate of drug-likeness (QED) is 0.546. The molecule has 0 spiro atoms. The molecule has 1 N–H and O–H groups in total. The summed E-state index contributed by atoms with van der Waals surface area (Å²) in [6.45, 7) is 12.5. The zero-order valence-corrected chi connectivity index (χ0v) is 18.4. The fourth-order valence-electron chi connectivity index (χ4n) is 3.34. The molecule has 30 heavy (non-hydrogen) atoms. The lowest BCUT2D eigenvalue weighted by Gasteiger charge is -2.31. The summed E-state index contributed by atoms with van der Waals surface area (Å²) in [5.41, 5.74) is 4.11.